The number of aliphatic hydroxyl groups is 1. The number of aliphatic hydroxyl groups excluding tert-OH is 1. The summed E-state index contributed by atoms with van der Waals surface area (Å²) in [5, 5.41) is 8.94. The maximum absolute atomic E-state index is 12.4. The molecule has 9 heavy (non-hydrogen) atoms. The number of hydrogen-bond donors (Lipinski definition) is 2. The molecule has 0 saturated heterocycles. The first-order chi connectivity index (χ1) is 4.25. The Hall–Kier alpha value is 0.140. The minimum atomic E-state index is -1.10. The van der Waals surface area contributed by atoms with Crippen molar-refractivity contribution in [1.29, 1.82) is 0 Å². The molecule has 0 heterocycles. The molecule has 0 spiro atoms. The summed E-state index contributed by atoms with van der Waals surface area (Å²) < 4.78 is 12.4. The summed E-state index contributed by atoms with van der Waals surface area (Å²) in [6, 6.07) is -0.262. The molecule has 0 bridgehead atoms. The Morgan fingerprint density at radius 3 is 2.44 bits per heavy atom. The third kappa shape index (κ3) is 1.34. The summed E-state index contributed by atoms with van der Waals surface area (Å²) >= 11 is 5.19. The Balaban J connectivity index is 2.41. The molecule has 0 aromatic rings. The largest absolute Gasteiger partial charge is 0.388 e. The number of rotatable bonds is 1. The van der Waals surface area contributed by atoms with Gasteiger partial charge in [-0.2, -0.15) is 0 Å². The van der Waals surface area contributed by atoms with E-state index in [0.29, 0.717) is 12.8 Å². The van der Waals surface area contributed by atoms with Crippen molar-refractivity contribution < 1.29 is 9.50 Å². The maximum Gasteiger partial charge on any atom is 0.128 e. The van der Waals surface area contributed by atoms with Crippen LogP contribution in [0.25, 0.3) is 0 Å². The van der Waals surface area contributed by atoms with Crippen LogP contribution in [0.2, 0.25) is 0 Å². The zero-order valence-electron chi connectivity index (χ0n) is 4.85. The second-order valence-electron chi connectivity index (χ2n) is 2.30. The quantitative estimate of drug-likeness (QED) is 0.541. The molecule has 4 heteroatoms. The molecule has 2 nitrogen and oxygen atoms in total. The predicted molar refractivity (Wildman–Crippen MR) is 32.9 cm³/mol. The minimum absolute atomic E-state index is 0.262. The smallest absolute Gasteiger partial charge is 0.128 e. The van der Waals surface area contributed by atoms with Gasteiger partial charge in [0, 0.05) is 0 Å². The van der Waals surface area contributed by atoms with E-state index >= 15 is 0 Å². The summed E-state index contributed by atoms with van der Waals surface area (Å²) in [6.07, 6.45) is -0.985. The van der Waals surface area contributed by atoms with Crippen LogP contribution in [-0.2, 0) is 0 Å². The van der Waals surface area contributed by atoms with Crippen molar-refractivity contribution in [2.75, 3.05) is 0 Å². The lowest BCUT2D eigenvalue weighted by molar-refractivity contribution is 0.0880. The topological polar surface area (TPSA) is 32.3 Å². The van der Waals surface area contributed by atoms with Gasteiger partial charge in [0.15, 0.2) is 0 Å². The molecule has 0 aliphatic heterocycles. The number of halogens is 2. The van der Waals surface area contributed by atoms with Crippen molar-refractivity contribution in [3.05, 3.63) is 0 Å². The number of hydrogen-bond acceptors (Lipinski definition) is 2. The van der Waals surface area contributed by atoms with Crippen molar-refractivity contribution in [1.82, 2.24) is 4.84 Å². The fourth-order valence-electron chi connectivity index (χ4n) is 1.05. The van der Waals surface area contributed by atoms with E-state index in [2.05, 4.69) is 4.84 Å². The summed E-state index contributed by atoms with van der Waals surface area (Å²) in [5.41, 5.74) is 0. The van der Waals surface area contributed by atoms with Crippen LogP contribution in [0.15, 0.2) is 0 Å². The first-order valence-corrected chi connectivity index (χ1v) is 3.32. The van der Waals surface area contributed by atoms with Crippen molar-refractivity contribution in [2.45, 2.75) is 31.2 Å². The summed E-state index contributed by atoms with van der Waals surface area (Å²) in [4.78, 5) is 2.33. The molecule has 1 fully saturated rings. The highest BCUT2D eigenvalue weighted by Crippen LogP contribution is 2.22. The van der Waals surface area contributed by atoms with Crippen LogP contribution in [0.4, 0.5) is 4.39 Å². The van der Waals surface area contributed by atoms with E-state index in [-0.39, 0.29) is 6.04 Å². The van der Waals surface area contributed by atoms with Crippen molar-refractivity contribution in [3.8, 4) is 0 Å². The second-order valence-corrected chi connectivity index (χ2v) is 2.52. The van der Waals surface area contributed by atoms with E-state index < -0.39 is 12.3 Å². The number of alkyl halides is 1. The molecule has 1 aliphatic rings. The van der Waals surface area contributed by atoms with Crippen LogP contribution in [0.3, 0.4) is 0 Å². The van der Waals surface area contributed by atoms with Crippen molar-refractivity contribution in [3.63, 3.8) is 0 Å². The molecule has 0 radical (unpaired) electrons. The van der Waals surface area contributed by atoms with Gasteiger partial charge in [-0.1, -0.05) is 0 Å². The van der Waals surface area contributed by atoms with Crippen LogP contribution < -0.4 is 4.84 Å². The molecular formula is C5H9ClFNO. The summed E-state index contributed by atoms with van der Waals surface area (Å²) in [7, 11) is 0. The van der Waals surface area contributed by atoms with E-state index in [1.807, 2.05) is 0 Å². The lowest BCUT2D eigenvalue weighted by Crippen LogP contribution is -2.33. The third-order valence-corrected chi connectivity index (χ3v) is 1.96. The highest BCUT2D eigenvalue weighted by molar-refractivity contribution is 6.13. The predicted octanol–water partition coefficient (Wildman–Crippen LogP) is 0.591. The highest BCUT2D eigenvalue weighted by Gasteiger charge is 2.33. The standard InChI is InChI=1S/C5H9ClFNO/c6-8-4-2-1-3(7)5(4)9/h3-5,8-9H,1-2H2/t3-,4-,5-/m1/s1. The van der Waals surface area contributed by atoms with E-state index in [0.717, 1.165) is 0 Å². The molecule has 2 N–H and O–H groups in total. The van der Waals surface area contributed by atoms with Gasteiger partial charge in [0.1, 0.15) is 12.3 Å². The molecule has 0 amide bonds. The average molecular weight is 154 g/mol. The van der Waals surface area contributed by atoms with Gasteiger partial charge in [0.2, 0.25) is 0 Å². The Labute approximate surface area is 58.1 Å². The fraction of sp³-hybridized carbons (Fsp3) is 1.00. The van der Waals surface area contributed by atoms with E-state index in [9.17, 15) is 4.39 Å². The van der Waals surface area contributed by atoms with Gasteiger partial charge < -0.3 is 5.11 Å². The van der Waals surface area contributed by atoms with E-state index in [1.165, 1.54) is 0 Å². The Morgan fingerprint density at radius 1 is 1.56 bits per heavy atom. The van der Waals surface area contributed by atoms with Gasteiger partial charge in [-0.3, -0.25) is 0 Å². The lowest BCUT2D eigenvalue weighted by Gasteiger charge is -2.11. The summed E-state index contributed by atoms with van der Waals surface area (Å²) in [6.45, 7) is 0. The van der Waals surface area contributed by atoms with Gasteiger partial charge in [0.05, 0.1) is 6.04 Å². The maximum atomic E-state index is 12.4. The van der Waals surface area contributed by atoms with Gasteiger partial charge in [-0.25, -0.2) is 9.23 Å². The molecule has 1 saturated carbocycles. The van der Waals surface area contributed by atoms with E-state index in [4.69, 9.17) is 16.9 Å². The molecule has 3 atom stereocenters. The van der Waals surface area contributed by atoms with E-state index in [1.54, 1.807) is 0 Å². The van der Waals surface area contributed by atoms with Crippen molar-refractivity contribution in [2.24, 2.45) is 0 Å². The molecule has 54 valence electrons. The fourth-order valence-corrected chi connectivity index (χ4v) is 1.29. The third-order valence-electron chi connectivity index (χ3n) is 1.68. The van der Waals surface area contributed by atoms with Gasteiger partial charge in [-0.05, 0) is 24.6 Å². The van der Waals surface area contributed by atoms with Crippen LogP contribution in [-0.4, -0.2) is 23.4 Å². The average Bonchev–Trinajstić information content (AvgIpc) is 2.15. The van der Waals surface area contributed by atoms with Gasteiger partial charge in [0.25, 0.3) is 0 Å². The highest BCUT2D eigenvalue weighted by atomic mass is 35.5. The molecule has 1 aliphatic carbocycles. The monoisotopic (exact) mass is 153 g/mol. The zero-order valence-corrected chi connectivity index (χ0v) is 5.61. The molecule has 1 rings (SSSR count). The second kappa shape index (κ2) is 2.82. The minimum Gasteiger partial charge on any atom is -0.388 e. The van der Waals surface area contributed by atoms with Crippen LogP contribution in [0.5, 0.6) is 0 Å². The zero-order chi connectivity index (χ0) is 6.85. The van der Waals surface area contributed by atoms with Crippen molar-refractivity contribution >= 4 is 11.8 Å². The molecule has 0 aromatic carbocycles. The van der Waals surface area contributed by atoms with Crippen LogP contribution in [0.1, 0.15) is 12.8 Å². The first kappa shape index (κ1) is 7.25. The molecular weight excluding hydrogens is 145 g/mol. The van der Waals surface area contributed by atoms with Gasteiger partial charge >= 0.3 is 0 Å². The van der Waals surface area contributed by atoms with Gasteiger partial charge in [-0.15, -0.1) is 0 Å². The van der Waals surface area contributed by atoms with Crippen LogP contribution in [0, 0.1) is 0 Å². The molecule has 0 unspecified atom stereocenters. The Bertz CT molecular complexity index is 103. The molecule has 0 aromatic heterocycles. The first-order valence-electron chi connectivity index (χ1n) is 2.94. The lowest BCUT2D eigenvalue weighted by atomic mass is 10.2. The normalized spacial score (nSPS) is 43.7. The Kier molecular flexibility index (Phi) is 2.27. The van der Waals surface area contributed by atoms with Crippen LogP contribution >= 0.6 is 11.8 Å². The summed E-state index contributed by atoms with van der Waals surface area (Å²) in [5.74, 6) is 0. The Morgan fingerprint density at radius 2 is 2.22 bits per heavy atom. The SMILES string of the molecule is O[C@@H]1[C@H](F)CC[C@H]1NCl. The number of nitrogens with one attached hydrogen (secondary N) is 1.